The van der Waals surface area contributed by atoms with Gasteiger partial charge in [-0.1, -0.05) is 19.9 Å². The molecule has 19 heavy (non-hydrogen) atoms. The molecule has 0 unspecified atom stereocenters. The Balaban J connectivity index is 2.44. The fourth-order valence-corrected chi connectivity index (χ4v) is 2.13. The van der Waals surface area contributed by atoms with Crippen molar-refractivity contribution in [1.29, 1.82) is 0 Å². The molecule has 0 aliphatic carbocycles. The second-order valence-electron chi connectivity index (χ2n) is 4.93. The van der Waals surface area contributed by atoms with Gasteiger partial charge in [0.1, 0.15) is 11.4 Å². The lowest BCUT2D eigenvalue weighted by Crippen LogP contribution is -2.04. The first-order valence-electron chi connectivity index (χ1n) is 6.19. The molecule has 2 N–H and O–H groups in total. The highest BCUT2D eigenvalue weighted by Crippen LogP contribution is 2.22. The Kier molecular flexibility index (Phi) is 2.52. The summed E-state index contributed by atoms with van der Waals surface area (Å²) in [5.74, 6) is 0.706. The van der Waals surface area contributed by atoms with E-state index in [1.165, 1.54) is 0 Å². The minimum absolute atomic E-state index is 0.0637. The molecule has 0 aliphatic heterocycles. The highest BCUT2D eigenvalue weighted by molar-refractivity contribution is 5.88. The summed E-state index contributed by atoms with van der Waals surface area (Å²) < 4.78 is 5.65. The van der Waals surface area contributed by atoms with Gasteiger partial charge in [-0.05, 0) is 35.7 Å². The average molecular weight is 254 g/mol. The number of nitrogens with two attached hydrogens (primary N) is 1. The number of fused-ring (bicyclic) bond motifs is 2. The molecule has 0 aliphatic rings. The van der Waals surface area contributed by atoms with E-state index in [2.05, 4.69) is 18.8 Å². The number of nitrogen functional groups attached to an aromatic ring is 1. The van der Waals surface area contributed by atoms with E-state index in [-0.39, 0.29) is 11.1 Å². The molecule has 0 amide bonds. The number of nitrogens with zero attached hydrogens (tertiary/aromatic N) is 1. The van der Waals surface area contributed by atoms with Crippen LogP contribution < -0.4 is 11.2 Å². The second-order valence-corrected chi connectivity index (χ2v) is 4.93. The third kappa shape index (κ3) is 1.85. The van der Waals surface area contributed by atoms with Crippen molar-refractivity contribution in [3.63, 3.8) is 0 Å². The molecule has 0 bridgehead atoms. The minimum Gasteiger partial charge on any atom is -0.437 e. The number of rotatable bonds is 1. The van der Waals surface area contributed by atoms with E-state index in [0.29, 0.717) is 28.1 Å². The normalized spacial score (nSPS) is 11.5. The molecule has 3 aromatic rings. The van der Waals surface area contributed by atoms with Crippen LogP contribution in [0.25, 0.3) is 22.1 Å². The first-order chi connectivity index (χ1) is 9.06. The third-order valence-corrected chi connectivity index (χ3v) is 3.25. The van der Waals surface area contributed by atoms with Crippen LogP contribution >= 0.6 is 0 Å². The zero-order chi connectivity index (χ0) is 13.6. The maximum Gasteiger partial charge on any atom is 0.232 e. The van der Waals surface area contributed by atoms with Crippen molar-refractivity contribution in [2.24, 2.45) is 0 Å². The quantitative estimate of drug-likeness (QED) is 0.677. The molecular formula is C15H14N2O2. The Bertz CT molecular complexity index is 835. The van der Waals surface area contributed by atoms with E-state index in [1.54, 1.807) is 12.1 Å². The number of hydrogen-bond acceptors (Lipinski definition) is 4. The molecule has 2 aromatic heterocycles. The van der Waals surface area contributed by atoms with Gasteiger partial charge in [-0.15, -0.1) is 0 Å². The second kappa shape index (κ2) is 4.09. The predicted octanol–water partition coefficient (Wildman–Crippen LogP) is 3.05. The average Bonchev–Trinajstić information content (AvgIpc) is 2.38. The van der Waals surface area contributed by atoms with Gasteiger partial charge in [-0.25, -0.2) is 0 Å². The van der Waals surface area contributed by atoms with Crippen molar-refractivity contribution < 1.29 is 4.42 Å². The summed E-state index contributed by atoms with van der Waals surface area (Å²) in [6.07, 6.45) is 0. The summed E-state index contributed by atoms with van der Waals surface area (Å²) in [6, 6.07) is 8.94. The fraction of sp³-hybridized carbons (Fsp3) is 0.200. The number of anilines is 1. The van der Waals surface area contributed by atoms with E-state index in [4.69, 9.17) is 10.2 Å². The molecule has 0 atom stereocenters. The van der Waals surface area contributed by atoms with Crippen LogP contribution in [-0.4, -0.2) is 4.98 Å². The van der Waals surface area contributed by atoms with Crippen molar-refractivity contribution in [1.82, 2.24) is 4.98 Å². The van der Waals surface area contributed by atoms with Gasteiger partial charge in [0, 0.05) is 0 Å². The molecule has 3 rings (SSSR count). The Morgan fingerprint density at radius 3 is 2.68 bits per heavy atom. The molecule has 0 spiro atoms. The molecule has 0 fully saturated rings. The Morgan fingerprint density at radius 1 is 1.16 bits per heavy atom. The van der Waals surface area contributed by atoms with E-state index < -0.39 is 0 Å². The van der Waals surface area contributed by atoms with Crippen LogP contribution in [0.4, 0.5) is 5.82 Å². The van der Waals surface area contributed by atoms with Crippen LogP contribution in [-0.2, 0) is 0 Å². The molecule has 4 heteroatoms. The van der Waals surface area contributed by atoms with Crippen molar-refractivity contribution in [3.8, 4) is 0 Å². The topological polar surface area (TPSA) is 69.1 Å². The van der Waals surface area contributed by atoms with Gasteiger partial charge in [0.15, 0.2) is 0 Å². The number of benzene rings is 1. The first-order valence-corrected chi connectivity index (χ1v) is 6.19. The first kappa shape index (κ1) is 11.7. The summed E-state index contributed by atoms with van der Waals surface area (Å²) in [5, 5.41) is 1.05. The van der Waals surface area contributed by atoms with Crippen LogP contribution in [0.3, 0.4) is 0 Å². The third-order valence-electron chi connectivity index (χ3n) is 3.25. The predicted molar refractivity (Wildman–Crippen MR) is 76.3 cm³/mol. The van der Waals surface area contributed by atoms with Crippen molar-refractivity contribution in [2.75, 3.05) is 5.73 Å². The minimum atomic E-state index is -0.0637. The van der Waals surface area contributed by atoms with Crippen molar-refractivity contribution in [3.05, 3.63) is 46.1 Å². The molecular weight excluding hydrogens is 240 g/mol. The monoisotopic (exact) mass is 254 g/mol. The summed E-state index contributed by atoms with van der Waals surface area (Å²) in [7, 11) is 0. The maximum absolute atomic E-state index is 12.4. The lowest BCUT2D eigenvalue weighted by molar-refractivity contribution is 0.645. The van der Waals surface area contributed by atoms with Gasteiger partial charge in [0.05, 0.1) is 10.8 Å². The van der Waals surface area contributed by atoms with Gasteiger partial charge in [0.2, 0.25) is 11.1 Å². The standard InChI is InChI=1S/C15H14N2O2/c1-8(2)9-3-5-12-11(7-9)14(18)10-4-6-13(16)17-15(10)19-12/h3-8H,1-2H3,(H2,16,17). The Hall–Kier alpha value is -2.36. The van der Waals surface area contributed by atoms with Crippen molar-refractivity contribution >= 4 is 27.9 Å². The smallest absolute Gasteiger partial charge is 0.232 e. The lowest BCUT2D eigenvalue weighted by Gasteiger charge is -2.06. The summed E-state index contributed by atoms with van der Waals surface area (Å²) in [6.45, 7) is 4.18. The van der Waals surface area contributed by atoms with Gasteiger partial charge < -0.3 is 10.2 Å². The highest BCUT2D eigenvalue weighted by Gasteiger charge is 2.10. The molecule has 0 radical (unpaired) electrons. The van der Waals surface area contributed by atoms with Crippen LogP contribution in [0, 0.1) is 0 Å². The summed E-state index contributed by atoms with van der Waals surface area (Å²) in [4.78, 5) is 16.5. The van der Waals surface area contributed by atoms with Crippen molar-refractivity contribution in [2.45, 2.75) is 19.8 Å². The number of aromatic nitrogens is 1. The van der Waals surface area contributed by atoms with E-state index >= 15 is 0 Å². The fourth-order valence-electron chi connectivity index (χ4n) is 2.13. The Morgan fingerprint density at radius 2 is 1.95 bits per heavy atom. The van der Waals surface area contributed by atoms with E-state index in [0.717, 1.165) is 5.56 Å². The van der Waals surface area contributed by atoms with E-state index in [1.807, 2.05) is 18.2 Å². The number of hydrogen-bond donors (Lipinski definition) is 1. The van der Waals surface area contributed by atoms with Crippen LogP contribution in [0.15, 0.2) is 39.5 Å². The van der Waals surface area contributed by atoms with Gasteiger partial charge in [-0.2, -0.15) is 4.98 Å². The number of pyridine rings is 1. The lowest BCUT2D eigenvalue weighted by atomic mass is 10.0. The highest BCUT2D eigenvalue weighted by atomic mass is 16.3. The molecule has 0 saturated heterocycles. The molecule has 96 valence electrons. The van der Waals surface area contributed by atoms with E-state index in [9.17, 15) is 4.79 Å². The zero-order valence-electron chi connectivity index (χ0n) is 10.8. The maximum atomic E-state index is 12.4. The van der Waals surface area contributed by atoms with Gasteiger partial charge in [0.25, 0.3) is 0 Å². The zero-order valence-corrected chi connectivity index (χ0v) is 10.8. The van der Waals surface area contributed by atoms with Gasteiger partial charge in [-0.3, -0.25) is 4.79 Å². The summed E-state index contributed by atoms with van der Waals surface area (Å²) >= 11 is 0. The van der Waals surface area contributed by atoms with Crippen LogP contribution in [0.1, 0.15) is 25.3 Å². The molecule has 4 nitrogen and oxygen atoms in total. The largest absolute Gasteiger partial charge is 0.437 e. The SMILES string of the molecule is CC(C)c1ccc2oc3nc(N)ccc3c(=O)c2c1. The Labute approximate surface area is 109 Å². The molecule has 1 aromatic carbocycles. The van der Waals surface area contributed by atoms with Crippen LogP contribution in [0.2, 0.25) is 0 Å². The van der Waals surface area contributed by atoms with Gasteiger partial charge >= 0.3 is 0 Å². The van der Waals surface area contributed by atoms with Crippen LogP contribution in [0.5, 0.6) is 0 Å². The molecule has 0 saturated carbocycles. The summed E-state index contributed by atoms with van der Waals surface area (Å²) in [5.41, 5.74) is 7.49. The molecule has 2 heterocycles.